The highest BCUT2D eigenvalue weighted by atomic mass is 19.4. The Hall–Kier alpha value is -7.64. The van der Waals surface area contributed by atoms with E-state index in [9.17, 15) is 13.2 Å². The van der Waals surface area contributed by atoms with E-state index in [2.05, 4.69) is 65.2 Å². The lowest BCUT2D eigenvalue weighted by molar-refractivity contribution is -0.137. The monoisotopic (exact) mass is 770 g/mol. The number of aromatic nitrogens is 4. The Kier molecular flexibility index (Phi) is 8.91. The van der Waals surface area contributed by atoms with Crippen molar-refractivity contribution in [3.8, 4) is 73.2 Å². The van der Waals surface area contributed by atoms with Crippen LogP contribution in [0.15, 0.2) is 200 Å². The van der Waals surface area contributed by atoms with E-state index in [-0.39, 0.29) is 11.4 Å². The lowest BCUT2D eigenvalue weighted by Gasteiger charge is -2.18. The molecule has 0 N–H and O–H groups in total. The van der Waals surface area contributed by atoms with Crippen LogP contribution in [0.4, 0.5) is 13.2 Å². The fourth-order valence-corrected chi connectivity index (χ4v) is 7.90. The molecule has 0 aliphatic heterocycles. The summed E-state index contributed by atoms with van der Waals surface area (Å²) < 4.78 is 46.6. The fraction of sp³-hybridized carbons (Fsp3) is 0.0192. The van der Waals surface area contributed by atoms with E-state index in [1.807, 2.05) is 109 Å². The van der Waals surface area contributed by atoms with Crippen molar-refractivity contribution in [1.29, 1.82) is 0 Å². The second kappa shape index (κ2) is 14.7. The minimum absolute atomic E-state index is 0.0319. The zero-order chi connectivity index (χ0) is 39.9. The molecule has 7 heteroatoms. The number of rotatable bonds is 7. The molecule has 0 fully saturated rings. The van der Waals surface area contributed by atoms with E-state index in [0.29, 0.717) is 22.8 Å². The predicted molar refractivity (Wildman–Crippen MR) is 232 cm³/mol. The Bertz CT molecular complexity index is 2970. The van der Waals surface area contributed by atoms with Crippen LogP contribution in [-0.2, 0) is 6.18 Å². The number of hydrogen-bond donors (Lipinski definition) is 0. The molecule has 10 rings (SSSR count). The highest BCUT2D eigenvalue weighted by Crippen LogP contribution is 2.43. The van der Waals surface area contributed by atoms with Crippen LogP contribution < -0.4 is 0 Å². The molecule has 10 aromatic rings. The standard InChI is InChI=1S/C52H33F3N4/c53-52(54,55)46-24-14-13-23-42(46)41-30-27-40(33-45(41)51-57-49(36-19-9-3-10-20-36)56-50(58-51)37-21-11-4-12-22-37)59-47-31-38(34-15-5-1-6-16-34)25-28-43(47)44-29-26-39(32-48(44)59)35-17-7-2-8-18-35/h1-33H. The summed E-state index contributed by atoms with van der Waals surface area (Å²) in [5, 5.41) is 2.09. The summed E-state index contributed by atoms with van der Waals surface area (Å²) in [6.45, 7) is 0. The summed E-state index contributed by atoms with van der Waals surface area (Å²) in [5.41, 5.74) is 8.45. The van der Waals surface area contributed by atoms with Gasteiger partial charge in [0.1, 0.15) is 0 Å². The molecule has 0 saturated carbocycles. The number of alkyl halides is 3. The molecule has 0 bridgehead atoms. The smallest absolute Gasteiger partial charge is 0.309 e. The summed E-state index contributed by atoms with van der Waals surface area (Å²) in [5.74, 6) is 1.07. The van der Waals surface area contributed by atoms with E-state index in [1.165, 1.54) is 12.1 Å². The van der Waals surface area contributed by atoms with E-state index >= 15 is 0 Å². The van der Waals surface area contributed by atoms with Gasteiger partial charge in [-0.15, -0.1) is 0 Å². The van der Waals surface area contributed by atoms with Crippen LogP contribution in [0.5, 0.6) is 0 Å². The lowest BCUT2D eigenvalue weighted by Crippen LogP contribution is -2.08. The maximum absolute atomic E-state index is 14.8. The van der Waals surface area contributed by atoms with Gasteiger partial charge >= 0.3 is 6.18 Å². The number of halogens is 3. The molecule has 0 spiro atoms. The molecular formula is C52H33F3N4. The van der Waals surface area contributed by atoms with Crippen molar-refractivity contribution in [2.75, 3.05) is 0 Å². The maximum atomic E-state index is 14.8. The van der Waals surface area contributed by atoms with Crippen molar-refractivity contribution >= 4 is 21.8 Å². The Balaban J connectivity index is 1.29. The molecule has 282 valence electrons. The van der Waals surface area contributed by atoms with E-state index in [1.54, 1.807) is 12.1 Å². The first kappa shape index (κ1) is 35.8. The van der Waals surface area contributed by atoms with Crippen LogP contribution in [0.1, 0.15) is 5.56 Å². The third-order valence-electron chi connectivity index (χ3n) is 10.7. The second-order valence-corrected chi connectivity index (χ2v) is 14.3. The van der Waals surface area contributed by atoms with Gasteiger partial charge in [0, 0.05) is 33.2 Å². The van der Waals surface area contributed by atoms with Gasteiger partial charge in [-0.1, -0.05) is 170 Å². The number of benzene rings is 8. The third-order valence-corrected chi connectivity index (χ3v) is 10.7. The first-order valence-electron chi connectivity index (χ1n) is 19.3. The third kappa shape index (κ3) is 6.72. The van der Waals surface area contributed by atoms with Crippen LogP contribution in [0, 0.1) is 0 Å². The predicted octanol–water partition coefficient (Wildman–Crippen LogP) is 14.0. The minimum Gasteiger partial charge on any atom is -0.309 e. The molecule has 2 heterocycles. The van der Waals surface area contributed by atoms with Gasteiger partial charge in [0.25, 0.3) is 0 Å². The molecule has 0 saturated heterocycles. The molecule has 0 amide bonds. The molecular weight excluding hydrogens is 738 g/mol. The van der Waals surface area contributed by atoms with Crippen LogP contribution in [0.25, 0.3) is 95.0 Å². The van der Waals surface area contributed by atoms with Crippen molar-refractivity contribution in [2.45, 2.75) is 6.18 Å². The van der Waals surface area contributed by atoms with Crippen LogP contribution in [-0.4, -0.2) is 19.5 Å². The summed E-state index contributed by atoms with van der Waals surface area (Å²) in [4.78, 5) is 14.9. The highest BCUT2D eigenvalue weighted by molar-refractivity contribution is 6.11. The zero-order valence-corrected chi connectivity index (χ0v) is 31.5. The highest BCUT2D eigenvalue weighted by Gasteiger charge is 2.34. The Morgan fingerprint density at radius 1 is 0.339 bits per heavy atom. The summed E-state index contributed by atoms with van der Waals surface area (Å²) in [6, 6.07) is 63.7. The molecule has 4 nitrogen and oxygen atoms in total. The number of nitrogens with zero attached hydrogens (tertiary/aromatic N) is 4. The molecule has 0 aliphatic carbocycles. The van der Waals surface area contributed by atoms with E-state index in [0.717, 1.165) is 66.9 Å². The fourth-order valence-electron chi connectivity index (χ4n) is 7.90. The number of hydrogen-bond acceptors (Lipinski definition) is 3. The van der Waals surface area contributed by atoms with Gasteiger partial charge in [-0.05, 0) is 63.7 Å². The average molecular weight is 771 g/mol. The topological polar surface area (TPSA) is 43.6 Å². The normalized spacial score (nSPS) is 11.6. The molecule has 0 radical (unpaired) electrons. The van der Waals surface area contributed by atoms with E-state index < -0.39 is 11.7 Å². The van der Waals surface area contributed by atoms with Crippen molar-refractivity contribution in [1.82, 2.24) is 19.5 Å². The molecule has 0 aliphatic rings. The first-order chi connectivity index (χ1) is 28.9. The van der Waals surface area contributed by atoms with Gasteiger partial charge in [-0.2, -0.15) is 13.2 Å². The molecule has 0 atom stereocenters. The van der Waals surface area contributed by atoms with Crippen molar-refractivity contribution in [3.63, 3.8) is 0 Å². The minimum atomic E-state index is -4.61. The molecule has 0 unspecified atom stereocenters. The Morgan fingerprint density at radius 2 is 0.780 bits per heavy atom. The van der Waals surface area contributed by atoms with Gasteiger partial charge in [-0.25, -0.2) is 15.0 Å². The quantitative estimate of drug-likeness (QED) is 0.162. The van der Waals surface area contributed by atoms with Gasteiger partial charge in [0.2, 0.25) is 0 Å². The van der Waals surface area contributed by atoms with Gasteiger partial charge in [-0.3, -0.25) is 0 Å². The largest absolute Gasteiger partial charge is 0.417 e. The summed E-state index contributed by atoms with van der Waals surface area (Å²) in [6.07, 6.45) is -4.61. The zero-order valence-electron chi connectivity index (χ0n) is 31.5. The van der Waals surface area contributed by atoms with Gasteiger partial charge < -0.3 is 4.57 Å². The SMILES string of the molecule is FC(F)(F)c1ccccc1-c1ccc(-n2c3cc(-c4ccccc4)ccc3c3ccc(-c4ccccc4)cc32)cc1-c1nc(-c2ccccc2)nc(-c2ccccc2)n1. The first-order valence-corrected chi connectivity index (χ1v) is 19.3. The number of fused-ring (bicyclic) bond motifs is 3. The Labute approximate surface area is 338 Å². The van der Waals surface area contributed by atoms with Crippen molar-refractivity contribution in [2.24, 2.45) is 0 Å². The van der Waals surface area contributed by atoms with Crippen molar-refractivity contribution in [3.05, 3.63) is 206 Å². The summed E-state index contributed by atoms with van der Waals surface area (Å²) >= 11 is 0. The van der Waals surface area contributed by atoms with Crippen molar-refractivity contribution < 1.29 is 13.2 Å². The van der Waals surface area contributed by atoms with Crippen LogP contribution in [0.3, 0.4) is 0 Å². The lowest BCUT2D eigenvalue weighted by atomic mass is 9.94. The van der Waals surface area contributed by atoms with Crippen LogP contribution in [0.2, 0.25) is 0 Å². The second-order valence-electron chi connectivity index (χ2n) is 14.3. The molecule has 2 aromatic heterocycles. The van der Waals surface area contributed by atoms with Gasteiger partial charge in [0.15, 0.2) is 17.5 Å². The molecule has 8 aromatic carbocycles. The van der Waals surface area contributed by atoms with E-state index in [4.69, 9.17) is 15.0 Å². The average Bonchev–Trinajstić information content (AvgIpc) is 3.62. The summed E-state index contributed by atoms with van der Waals surface area (Å²) in [7, 11) is 0. The van der Waals surface area contributed by atoms with Crippen LogP contribution >= 0.6 is 0 Å². The Morgan fingerprint density at radius 3 is 1.27 bits per heavy atom. The molecule has 59 heavy (non-hydrogen) atoms. The maximum Gasteiger partial charge on any atom is 0.417 e. The van der Waals surface area contributed by atoms with Gasteiger partial charge in [0.05, 0.1) is 16.6 Å².